The maximum absolute atomic E-state index is 11.7. The maximum atomic E-state index is 11.7. The summed E-state index contributed by atoms with van der Waals surface area (Å²) in [5.74, 6) is 0. The van der Waals surface area contributed by atoms with Gasteiger partial charge in [0, 0.05) is 25.4 Å². The minimum atomic E-state index is -3.04. The predicted molar refractivity (Wildman–Crippen MR) is 63.1 cm³/mol. The fourth-order valence-electron chi connectivity index (χ4n) is 1.81. The highest BCUT2D eigenvalue weighted by Gasteiger charge is 2.29. The Hall–Kier alpha value is -0.780. The largest absolute Gasteiger partial charge is 0.336 e. The van der Waals surface area contributed by atoms with Crippen molar-refractivity contribution in [2.45, 2.75) is 38.0 Å². The molecular weight excluding hydrogens is 228 g/mol. The Bertz CT molecular complexity index is 351. The molecule has 1 aliphatic rings. The molecule has 0 unspecified atom stereocenters. The maximum Gasteiger partial charge on any atom is 0.317 e. The van der Waals surface area contributed by atoms with E-state index in [1.165, 1.54) is 6.26 Å². The zero-order valence-corrected chi connectivity index (χ0v) is 10.9. The highest BCUT2D eigenvalue weighted by molar-refractivity contribution is 7.91. The lowest BCUT2D eigenvalue weighted by Gasteiger charge is -2.32. The monoisotopic (exact) mass is 248 g/mol. The molecule has 0 aromatic rings. The standard InChI is InChI=1S/C10H20N2O3S/c1-8(2)11-10(13)12-6-4-5-9(7-12)16(3,14)15/h8-9H,4-7H2,1-3H3,(H,11,13)/t9-/m1/s1. The average Bonchev–Trinajstić information content (AvgIpc) is 2.15. The molecule has 0 aromatic heterocycles. The number of sulfone groups is 1. The van der Waals surface area contributed by atoms with Crippen molar-refractivity contribution in [2.75, 3.05) is 19.3 Å². The molecule has 0 radical (unpaired) electrons. The number of nitrogens with one attached hydrogen (secondary N) is 1. The van der Waals surface area contributed by atoms with Crippen molar-refractivity contribution in [3.63, 3.8) is 0 Å². The smallest absolute Gasteiger partial charge is 0.317 e. The average molecular weight is 248 g/mol. The molecule has 1 rings (SSSR count). The molecule has 0 saturated carbocycles. The fourth-order valence-corrected chi connectivity index (χ4v) is 2.86. The summed E-state index contributed by atoms with van der Waals surface area (Å²) in [5.41, 5.74) is 0. The Kier molecular flexibility index (Phi) is 4.18. The van der Waals surface area contributed by atoms with Gasteiger partial charge in [-0.15, -0.1) is 0 Å². The van der Waals surface area contributed by atoms with E-state index in [9.17, 15) is 13.2 Å². The normalized spacial score (nSPS) is 22.2. The Labute approximate surface area is 97.1 Å². The number of amides is 2. The van der Waals surface area contributed by atoms with Gasteiger partial charge >= 0.3 is 6.03 Å². The predicted octanol–water partition coefficient (Wildman–Crippen LogP) is 0.613. The van der Waals surface area contributed by atoms with Crippen LogP contribution in [0.1, 0.15) is 26.7 Å². The number of hydrogen-bond acceptors (Lipinski definition) is 3. The Morgan fingerprint density at radius 3 is 2.56 bits per heavy atom. The molecule has 1 aliphatic heterocycles. The summed E-state index contributed by atoms with van der Waals surface area (Å²) in [4.78, 5) is 13.3. The van der Waals surface area contributed by atoms with Gasteiger partial charge in [-0.3, -0.25) is 0 Å². The van der Waals surface area contributed by atoms with Crippen LogP contribution in [0.2, 0.25) is 0 Å². The van der Waals surface area contributed by atoms with Gasteiger partial charge < -0.3 is 10.2 Å². The van der Waals surface area contributed by atoms with Crippen LogP contribution >= 0.6 is 0 Å². The third kappa shape index (κ3) is 3.66. The first-order chi connectivity index (χ1) is 7.30. The molecule has 1 atom stereocenters. The number of hydrogen-bond donors (Lipinski definition) is 1. The molecule has 5 nitrogen and oxygen atoms in total. The molecule has 94 valence electrons. The van der Waals surface area contributed by atoms with Crippen LogP contribution in [0.15, 0.2) is 0 Å². The third-order valence-electron chi connectivity index (χ3n) is 2.68. The summed E-state index contributed by atoms with van der Waals surface area (Å²) in [6.45, 7) is 4.73. The van der Waals surface area contributed by atoms with E-state index < -0.39 is 15.1 Å². The van der Waals surface area contributed by atoms with Crippen molar-refractivity contribution >= 4 is 15.9 Å². The summed E-state index contributed by atoms with van der Waals surface area (Å²) >= 11 is 0. The third-order valence-corrected chi connectivity index (χ3v) is 4.28. The molecule has 0 aliphatic carbocycles. The highest BCUT2D eigenvalue weighted by atomic mass is 32.2. The minimum absolute atomic E-state index is 0.0751. The lowest BCUT2D eigenvalue weighted by molar-refractivity contribution is 0.185. The first-order valence-corrected chi connectivity index (χ1v) is 7.50. The topological polar surface area (TPSA) is 66.5 Å². The molecule has 16 heavy (non-hydrogen) atoms. The molecule has 2 amide bonds. The molecule has 1 N–H and O–H groups in total. The van der Waals surface area contributed by atoms with Gasteiger partial charge in [0.2, 0.25) is 0 Å². The van der Waals surface area contributed by atoms with E-state index in [2.05, 4.69) is 5.32 Å². The number of nitrogens with zero attached hydrogens (tertiary/aromatic N) is 1. The number of urea groups is 1. The van der Waals surface area contributed by atoms with Gasteiger partial charge in [0.25, 0.3) is 0 Å². The van der Waals surface area contributed by atoms with E-state index in [0.717, 1.165) is 6.42 Å². The molecule has 1 heterocycles. The zero-order chi connectivity index (χ0) is 12.3. The summed E-state index contributed by atoms with van der Waals surface area (Å²) in [5, 5.41) is 2.37. The van der Waals surface area contributed by atoms with Gasteiger partial charge in [0.15, 0.2) is 9.84 Å². The molecule has 6 heteroatoms. The number of rotatable bonds is 2. The second-order valence-electron chi connectivity index (χ2n) is 4.64. The van der Waals surface area contributed by atoms with Crippen LogP contribution in [0.5, 0.6) is 0 Å². The van der Waals surface area contributed by atoms with E-state index in [1.807, 2.05) is 13.8 Å². The lowest BCUT2D eigenvalue weighted by Crippen LogP contribution is -2.50. The van der Waals surface area contributed by atoms with Gasteiger partial charge in [0.05, 0.1) is 5.25 Å². The van der Waals surface area contributed by atoms with Crippen LogP contribution < -0.4 is 5.32 Å². The van der Waals surface area contributed by atoms with Crippen molar-refractivity contribution in [3.8, 4) is 0 Å². The van der Waals surface area contributed by atoms with Gasteiger partial charge in [-0.05, 0) is 26.7 Å². The van der Waals surface area contributed by atoms with E-state index >= 15 is 0 Å². The lowest BCUT2D eigenvalue weighted by atomic mass is 10.1. The molecule has 1 fully saturated rings. The summed E-state index contributed by atoms with van der Waals surface area (Å²) < 4.78 is 22.8. The van der Waals surface area contributed by atoms with Gasteiger partial charge in [0.1, 0.15) is 0 Å². The molecular formula is C10H20N2O3S. The van der Waals surface area contributed by atoms with Crippen molar-refractivity contribution in [1.29, 1.82) is 0 Å². The number of likely N-dealkylation sites (tertiary alicyclic amines) is 1. The first kappa shape index (κ1) is 13.3. The fraction of sp³-hybridized carbons (Fsp3) is 0.900. The first-order valence-electron chi connectivity index (χ1n) is 5.55. The van der Waals surface area contributed by atoms with E-state index in [1.54, 1.807) is 4.90 Å². The Balaban J connectivity index is 2.60. The van der Waals surface area contributed by atoms with Crippen LogP contribution in [0.25, 0.3) is 0 Å². The van der Waals surface area contributed by atoms with Crippen LogP contribution in [0.4, 0.5) is 4.79 Å². The molecule has 0 spiro atoms. The van der Waals surface area contributed by atoms with Gasteiger partial charge in [-0.1, -0.05) is 0 Å². The van der Waals surface area contributed by atoms with Crippen molar-refractivity contribution < 1.29 is 13.2 Å². The zero-order valence-electron chi connectivity index (χ0n) is 10.1. The molecule has 0 bridgehead atoms. The summed E-state index contributed by atoms with van der Waals surface area (Å²) in [6.07, 6.45) is 2.65. The number of piperidine rings is 1. The highest BCUT2D eigenvalue weighted by Crippen LogP contribution is 2.16. The van der Waals surface area contributed by atoms with Crippen LogP contribution in [-0.2, 0) is 9.84 Å². The second-order valence-corrected chi connectivity index (χ2v) is 6.97. The van der Waals surface area contributed by atoms with E-state index in [4.69, 9.17) is 0 Å². The van der Waals surface area contributed by atoms with Crippen molar-refractivity contribution in [2.24, 2.45) is 0 Å². The summed E-state index contributed by atoms with van der Waals surface area (Å²) in [7, 11) is -3.04. The quantitative estimate of drug-likeness (QED) is 0.778. The molecule has 0 aromatic carbocycles. The van der Waals surface area contributed by atoms with E-state index in [0.29, 0.717) is 19.5 Å². The van der Waals surface area contributed by atoms with Gasteiger partial charge in [-0.2, -0.15) is 0 Å². The second kappa shape index (κ2) is 5.03. The van der Waals surface area contributed by atoms with E-state index in [-0.39, 0.29) is 12.1 Å². The summed E-state index contributed by atoms with van der Waals surface area (Å²) in [6, 6.07) is -0.0885. The number of carbonyl (C=O) groups is 1. The van der Waals surface area contributed by atoms with Crippen molar-refractivity contribution in [3.05, 3.63) is 0 Å². The van der Waals surface area contributed by atoms with Crippen molar-refractivity contribution in [1.82, 2.24) is 10.2 Å². The Morgan fingerprint density at radius 2 is 2.06 bits per heavy atom. The van der Waals surface area contributed by atoms with Crippen LogP contribution in [0, 0.1) is 0 Å². The number of carbonyl (C=O) groups excluding carboxylic acids is 1. The minimum Gasteiger partial charge on any atom is -0.336 e. The molecule has 1 saturated heterocycles. The van der Waals surface area contributed by atoms with Crippen LogP contribution in [0.3, 0.4) is 0 Å². The van der Waals surface area contributed by atoms with Gasteiger partial charge in [-0.25, -0.2) is 13.2 Å². The van der Waals surface area contributed by atoms with Crippen LogP contribution in [-0.4, -0.2) is 50.0 Å². The SMILES string of the molecule is CC(C)NC(=O)N1CCC[C@@H](S(C)(=O)=O)C1. The Morgan fingerprint density at radius 1 is 1.44 bits per heavy atom.